The molecule has 6 nitrogen and oxygen atoms in total. The summed E-state index contributed by atoms with van der Waals surface area (Å²) >= 11 is 0. The molecule has 1 fully saturated rings. The number of alkyl halides is 4. The number of benzene rings is 2. The predicted molar refractivity (Wildman–Crippen MR) is 116 cm³/mol. The predicted octanol–water partition coefficient (Wildman–Crippen LogP) is 5.14. The summed E-state index contributed by atoms with van der Waals surface area (Å²) in [5.74, 6) is -0.0726. The van der Waals surface area contributed by atoms with E-state index in [0.717, 1.165) is 11.6 Å². The summed E-state index contributed by atoms with van der Waals surface area (Å²) in [6.45, 7) is -4.15. The van der Waals surface area contributed by atoms with Crippen LogP contribution in [0.1, 0.15) is 48.8 Å². The largest absolute Gasteiger partial charge is 0.493 e. The molecule has 0 bridgehead atoms. The van der Waals surface area contributed by atoms with E-state index in [-0.39, 0.29) is 12.0 Å². The highest BCUT2D eigenvalue weighted by molar-refractivity contribution is 6.15. The van der Waals surface area contributed by atoms with Crippen LogP contribution < -0.4 is 18.9 Å². The van der Waals surface area contributed by atoms with Crippen LogP contribution in [0.25, 0.3) is 0 Å². The number of hydrogen-bond donors (Lipinski definition) is 1. The summed E-state index contributed by atoms with van der Waals surface area (Å²) in [5, 5.41) is 10.3. The van der Waals surface area contributed by atoms with Gasteiger partial charge in [-0.25, -0.2) is 0 Å². The zero-order valence-corrected chi connectivity index (χ0v) is 18.6. The van der Waals surface area contributed by atoms with Gasteiger partial charge in [0.15, 0.2) is 23.0 Å². The molecule has 1 N–H and O–H groups in total. The molecular weight excluding hydrogens is 458 g/mol. The third kappa shape index (κ3) is 4.91. The standard InChI is InChI=1S/C24H25F4NO5/c1-3-32-20-10-14-15-9-13(30)5-6-17(15)29-22(16(14)11-19(20)31-2)12-4-7-18(33-23(25)26)21(8-12)34-24(27)28/h4,7-8,10-11,13,15,17,23-24,30H,3,5-6,9H2,1-2H3. The smallest absolute Gasteiger partial charge is 0.387 e. The normalized spacial score (nSPS) is 21.6. The van der Waals surface area contributed by atoms with Crippen LogP contribution in [0, 0.1) is 0 Å². The van der Waals surface area contributed by atoms with Crippen LogP contribution in [-0.4, -0.2) is 49.9 Å². The molecule has 184 valence electrons. The van der Waals surface area contributed by atoms with Crippen molar-refractivity contribution in [2.45, 2.75) is 57.5 Å². The van der Waals surface area contributed by atoms with Crippen molar-refractivity contribution in [3.63, 3.8) is 0 Å². The van der Waals surface area contributed by atoms with Gasteiger partial charge in [0.05, 0.1) is 31.6 Å². The SMILES string of the molecule is CCOc1cc2c(cc1OC)C(c1ccc(OC(F)F)c(OC(F)F)c1)=NC1CCC(O)CC21. The first-order chi connectivity index (χ1) is 16.3. The van der Waals surface area contributed by atoms with Gasteiger partial charge in [-0.1, -0.05) is 0 Å². The van der Waals surface area contributed by atoms with Crippen LogP contribution in [0.3, 0.4) is 0 Å². The minimum atomic E-state index is -3.23. The molecular formula is C24H25F4NO5. The van der Waals surface area contributed by atoms with E-state index in [1.807, 2.05) is 13.0 Å². The minimum absolute atomic E-state index is 0.0640. The van der Waals surface area contributed by atoms with Crippen molar-refractivity contribution in [1.29, 1.82) is 0 Å². The Morgan fingerprint density at radius 1 is 0.971 bits per heavy atom. The highest BCUT2D eigenvalue weighted by Crippen LogP contribution is 2.45. The maximum Gasteiger partial charge on any atom is 0.387 e. The Balaban J connectivity index is 1.85. The van der Waals surface area contributed by atoms with Gasteiger partial charge < -0.3 is 24.1 Å². The van der Waals surface area contributed by atoms with Crippen molar-refractivity contribution in [1.82, 2.24) is 0 Å². The van der Waals surface area contributed by atoms with Crippen LogP contribution in [0.4, 0.5) is 17.6 Å². The molecule has 1 aliphatic carbocycles. The fourth-order valence-electron chi connectivity index (χ4n) is 4.64. The molecule has 10 heteroatoms. The van der Waals surface area contributed by atoms with E-state index in [0.29, 0.717) is 54.2 Å². The fourth-order valence-corrected chi connectivity index (χ4v) is 4.64. The van der Waals surface area contributed by atoms with Gasteiger partial charge in [0, 0.05) is 17.0 Å². The molecule has 3 atom stereocenters. The highest BCUT2D eigenvalue weighted by Gasteiger charge is 2.37. The Morgan fingerprint density at radius 2 is 1.71 bits per heavy atom. The number of aliphatic hydroxyl groups excluding tert-OH is 1. The van der Waals surface area contributed by atoms with Crippen LogP contribution in [0.2, 0.25) is 0 Å². The third-order valence-corrected chi connectivity index (χ3v) is 6.02. The van der Waals surface area contributed by atoms with Crippen molar-refractivity contribution in [2.24, 2.45) is 4.99 Å². The summed E-state index contributed by atoms with van der Waals surface area (Å²) < 4.78 is 71.5. The van der Waals surface area contributed by atoms with Gasteiger partial charge in [-0.2, -0.15) is 17.6 Å². The van der Waals surface area contributed by atoms with Gasteiger partial charge in [-0.05, 0) is 62.1 Å². The second kappa shape index (κ2) is 10.1. The first-order valence-electron chi connectivity index (χ1n) is 11.0. The lowest BCUT2D eigenvalue weighted by molar-refractivity contribution is -0.0692. The molecule has 2 aromatic rings. The molecule has 0 radical (unpaired) electrons. The second-order valence-corrected chi connectivity index (χ2v) is 8.06. The Bertz CT molecular complexity index is 1060. The molecule has 34 heavy (non-hydrogen) atoms. The number of aliphatic imine (C=N–C) groups is 1. The van der Waals surface area contributed by atoms with Crippen molar-refractivity contribution in [3.05, 3.63) is 47.0 Å². The zero-order valence-electron chi connectivity index (χ0n) is 18.6. The van der Waals surface area contributed by atoms with E-state index in [1.165, 1.54) is 19.2 Å². The zero-order chi connectivity index (χ0) is 24.4. The molecule has 2 aliphatic rings. The maximum atomic E-state index is 13.0. The molecule has 1 heterocycles. The van der Waals surface area contributed by atoms with E-state index in [9.17, 15) is 22.7 Å². The Hall–Kier alpha value is -3.01. The quantitative estimate of drug-likeness (QED) is 0.527. The number of fused-ring (bicyclic) bond motifs is 3. The molecule has 1 saturated carbocycles. The van der Waals surface area contributed by atoms with E-state index in [4.69, 9.17) is 14.5 Å². The summed E-state index contributed by atoms with van der Waals surface area (Å²) in [5.41, 5.74) is 2.45. The average molecular weight is 483 g/mol. The first kappa shape index (κ1) is 24.1. The average Bonchev–Trinajstić information content (AvgIpc) is 2.79. The van der Waals surface area contributed by atoms with Crippen LogP contribution in [0.15, 0.2) is 35.3 Å². The van der Waals surface area contributed by atoms with Gasteiger partial charge in [0.2, 0.25) is 0 Å². The lowest BCUT2D eigenvalue weighted by atomic mass is 9.74. The Labute approximate surface area is 194 Å². The lowest BCUT2D eigenvalue weighted by Gasteiger charge is -2.37. The Morgan fingerprint density at radius 3 is 2.38 bits per heavy atom. The number of hydrogen-bond acceptors (Lipinski definition) is 6. The monoisotopic (exact) mass is 483 g/mol. The summed E-state index contributed by atoms with van der Waals surface area (Å²) in [4.78, 5) is 4.89. The van der Waals surface area contributed by atoms with Crippen LogP contribution in [-0.2, 0) is 0 Å². The van der Waals surface area contributed by atoms with Gasteiger partial charge in [0.1, 0.15) is 0 Å². The van der Waals surface area contributed by atoms with Crippen LogP contribution >= 0.6 is 0 Å². The van der Waals surface area contributed by atoms with Crippen LogP contribution in [0.5, 0.6) is 23.0 Å². The molecule has 2 aromatic carbocycles. The van der Waals surface area contributed by atoms with E-state index in [2.05, 4.69) is 9.47 Å². The van der Waals surface area contributed by atoms with Gasteiger partial charge in [-0.15, -0.1) is 0 Å². The number of rotatable bonds is 8. The number of nitrogens with zero attached hydrogens (tertiary/aromatic N) is 1. The molecule has 0 aromatic heterocycles. The summed E-state index contributed by atoms with van der Waals surface area (Å²) in [6, 6.07) is 7.32. The molecule has 1 aliphatic heterocycles. The molecule has 0 spiro atoms. The number of methoxy groups -OCH3 is 1. The van der Waals surface area contributed by atoms with Gasteiger partial charge >= 0.3 is 13.2 Å². The third-order valence-electron chi connectivity index (χ3n) is 6.02. The van der Waals surface area contributed by atoms with Crippen molar-refractivity contribution >= 4 is 5.71 Å². The molecule has 3 unspecified atom stereocenters. The van der Waals surface area contributed by atoms with Crippen molar-refractivity contribution in [2.75, 3.05) is 13.7 Å². The van der Waals surface area contributed by atoms with Gasteiger partial charge in [-0.3, -0.25) is 4.99 Å². The van der Waals surface area contributed by atoms with E-state index < -0.39 is 30.8 Å². The Kier molecular flexibility index (Phi) is 7.16. The molecule has 0 amide bonds. The summed E-state index contributed by atoms with van der Waals surface area (Å²) in [7, 11) is 1.50. The maximum absolute atomic E-state index is 13.0. The number of aliphatic hydroxyl groups is 1. The summed E-state index contributed by atoms with van der Waals surface area (Å²) in [6.07, 6.45) is 1.29. The fraction of sp³-hybridized carbons (Fsp3) is 0.458. The minimum Gasteiger partial charge on any atom is -0.493 e. The lowest BCUT2D eigenvalue weighted by Crippen LogP contribution is -2.34. The van der Waals surface area contributed by atoms with E-state index in [1.54, 1.807) is 6.07 Å². The van der Waals surface area contributed by atoms with E-state index >= 15 is 0 Å². The second-order valence-electron chi connectivity index (χ2n) is 8.06. The molecule has 0 saturated heterocycles. The van der Waals surface area contributed by atoms with Crippen molar-refractivity contribution < 1.29 is 41.6 Å². The number of ether oxygens (including phenoxy) is 4. The van der Waals surface area contributed by atoms with Crippen molar-refractivity contribution in [3.8, 4) is 23.0 Å². The molecule has 4 rings (SSSR count). The topological polar surface area (TPSA) is 69.5 Å². The highest BCUT2D eigenvalue weighted by atomic mass is 19.3. The number of halogens is 4. The van der Waals surface area contributed by atoms with Gasteiger partial charge in [0.25, 0.3) is 0 Å². The first-order valence-corrected chi connectivity index (χ1v) is 11.0.